The number of rotatable bonds is 3. The SMILES string of the molecule is COPOc1ccccc1.Cl. The number of para-hydroxylation sites is 1. The van der Waals surface area contributed by atoms with Crippen molar-refractivity contribution >= 4 is 21.4 Å². The first kappa shape index (κ1) is 10.7. The maximum Gasteiger partial charge on any atom is 0.215 e. The Labute approximate surface area is 74.3 Å². The molecule has 0 aromatic heterocycles. The first-order valence-electron chi connectivity index (χ1n) is 2.93. The maximum absolute atomic E-state index is 5.16. The van der Waals surface area contributed by atoms with Crippen LogP contribution in [0, 0.1) is 0 Å². The second-order valence-corrected chi connectivity index (χ2v) is 2.48. The highest BCUT2D eigenvalue weighted by molar-refractivity contribution is 7.26. The monoisotopic (exact) mass is 192 g/mol. The van der Waals surface area contributed by atoms with Gasteiger partial charge < -0.3 is 9.05 Å². The third-order valence-corrected chi connectivity index (χ3v) is 1.47. The fraction of sp³-hybridized carbons (Fsp3) is 0.143. The van der Waals surface area contributed by atoms with E-state index < -0.39 is 0 Å². The van der Waals surface area contributed by atoms with Crippen molar-refractivity contribution in [2.24, 2.45) is 0 Å². The first-order valence-corrected chi connectivity index (χ1v) is 3.75. The third kappa shape index (κ3) is 4.20. The molecule has 1 aromatic carbocycles. The summed E-state index contributed by atoms with van der Waals surface area (Å²) >= 11 is 0. The highest BCUT2D eigenvalue weighted by atomic mass is 35.5. The molecule has 0 heterocycles. The quantitative estimate of drug-likeness (QED) is 0.686. The van der Waals surface area contributed by atoms with Crippen molar-refractivity contribution in [3.8, 4) is 5.75 Å². The van der Waals surface area contributed by atoms with Crippen molar-refractivity contribution in [3.05, 3.63) is 30.3 Å². The highest BCUT2D eigenvalue weighted by Gasteiger charge is 1.87. The molecule has 1 rings (SSSR count). The average molecular weight is 193 g/mol. The summed E-state index contributed by atoms with van der Waals surface area (Å²) < 4.78 is 9.91. The van der Waals surface area contributed by atoms with Crippen LogP contribution >= 0.6 is 21.4 Å². The Bertz CT molecular complexity index is 181. The Morgan fingerprint density at radius 3 is 2.36 bits per heavy atom. The van der Waals surface area contributed by atoms with E-state index in [1.165, 1.54) is 0 Å². The van der Waals surface area contributed by atoms with Crippen molar-refractivity contribution < 1.29 is 9.05 Å². The topological polar surface area (TPSA) is 18.5 Å². The molecular formula is C7H10ClO2P. The standard InChI is InChI=1S/C7H9O2P.ClH/c1-8-10-9-7-5-3-2-4-6-7;/h2-6,10H,1H3;1H. The molecule has 0 spiro atoms. The van der Waals surface area contributed by atoms with Crippen LogP contribution in [0.15, 0.2) is 30.3 Å². The van der Waals surface area contributed by atoms with Crippen molar-refractivity contribution in [1.82, 2.24) is 0 Å². The number of halogens is 1. The molecule has 1 unspecified atom stereocenters. The van der Waals surface area contributed by atoms with Gasteiger partial charge in [0.1, 0.15) is 5.75 Å². The molecule has 0 saturated carbocycles. The van der Waals surface area contributed by atoms with Crippen LogP contribution < -0.4 is 4.52 Å². The first-order chi connectivity index (χ1) is 4.93. The van der Waals surface area contributed by atoms with Crippen molar-refractivity contribution in [2.45, 2.75) is 0 Å². The molecule has 0 N–H and O–H groups in total. The molecule has 0 bridgehead atoms. The van der Waals surface area contributed by atoms with Crippen LogP contribution in [-0.4, -0.2) is 7.11 Å². The number of benzene rings is 1. The molecule has 1 aromatic rings. The van der Waals surface area contributed by atoms with Crippen LogP contribution in [0.4, 0.5) is 0 Å². The molecule has 0 aliphatic carbocycles. The van der Waals surface area contributed by atoms with Gasteiger partial charge in [0.15, 0.2) is 0 Å². The van der Waals surface area contributed by atoms with E-state index in [9.17, 15) is 0 Å². The van der Waals surface area contributed by atoms with Gasteiger partial charge in [-0.1, -0.05) is 18.2 Å². The normalized spacial score (nSPS) is 9.55. The van der Waals surface area contributed by atoms with Crippen molar-refractivity contribution in [2.75, 3.05) is 7.11 Å². The van der Waals surface area contributed by atoms with Gasteiger partial charge in [-0.15, -0.1) is 12.4 Å². The number of hydrogen-bond acceptors (Lipinski definition) is 2. The van der Waals surface area contributed by atoms with Crippen LogP contribution in [-0.2, 0) is 4.52 Å². The zero-order valence-electron chi connectivity index (χ0n) is 6.11. The van der Waals surface area contributed by atoms with Crippen LogP contribution in [0.25, 0.3) is 0 Å². The zero-order valence-corrected chi connectivity index (χ0v) is 7.93. The van der Waals surface area contributed by atoms with Gasteiger partial charge in [0.25, 0.3) is 0 Å². The summed E-state index contributed by atoms with van der Waals surface area (Å²) in [5.41, 5.74) is 0. The zero-order chi connectivity index (χ0) is 7.23. The van der Waals surface area contributed by atoms with E-state index in [1.54, 1.807) is 7.11 Å². The average Bonchev–Trinajstić information content (AvgIpc) is 2.03. The molecule has 0 radical (unpaired) electrons. The molecule has 0 saturated heterocycles. The fourth-order valence-electron chi connectivity index (χ4n) is 0.578. The second-order valence-electron chi connectivity index (χ2n) is 1.70. The molecule has 2 nitrogen and oxygen atoms in total. The Balaban J connectivity index is 0.000001000. The largest absolute Gasteiger partial charge is 0.450 e. The summed E-state index contributed by atoms with van der Waals surface area (Å²) in [4.78, 5) is 0. The Morgan fingerprint density at radius 2 is 1.82 bits per heavy atom. The van der Waals surface area contributed by atoms with E-state index in [0.29, 0.717) is 0 Å². The van der Waals surface area contributed by atoms with Gasteiger partial charge in [0, 0.05) is 7.11 Å². The van der Waals surface area contributed by atoms with Crippen LogP contribution in [0.1, 0.15) is 0 Å². The number of hydrogen-bond donors (Lipinski definition) is 0. The van der Waals surface area contributed by atoms with Gasteiger partial charge in [0.2, 0.25) is 9.03 Å². The smallest absolute Gasteiger partial charge is 0.215 e. The van der Waals surface area contributed by atoms with Crippen LogP contribution in [0.3, 0.4) is 0 Å². The van der Waals surface area contributed by atoms with E-state index in [2.05, 4.69) is 0 Å². The van der Waals surface area contributed by atoms with E-state index in [0.717, 1.165) is 5.75 Å². The highest BCUT2D eigenvalue weighted by Crippen LogP contribution is 2.19. The summed E-state index contributed by atoms with van der Waals surface area (Å²) in [6.45, 7) is 0. The lowest BCUT2D eigenvalue weighted by Gasteiger charge is -2.00. The van der Waals surface area contributed by atoms with Crippen molar-refractivity contribution in [3.63, 3.8) is 0 Å². The van der Waals surface area contributed by atoms with E-state index >= 15 is 0 Å². The van der Waals surface area contributed by atoms with Crippen LogP contribution in [0.2, 0.25) is 0 Å². The molecule has 0 amide bonds. The second kappa shape index (κ2) is 6.41. The van der Waals surface area contributed by atoms with E-state index in [1.807, 2.05) is 30.3 Å². The molecule has 62 valence electrons. The van der Waals surface area contributed by atoms with Gasteiger partial charge in [-0.05, 0) is 12.1 Å². The minimum Gasteiger partial charge on any atom is -0.450 e. The lowest BCUT2D eigenvalue weighted by Crippen LogP contribution is -1.76. The summed E-state index contributed by atoms with van der Waals surface area (Å²) in [6.07, 6.45) is 0. The molecular weight excluding hydrogens is 183 g/mol. The predicted molar refractivity (Wildman–Crippen MR) is 49.6 cm³/mol. The molecule has 0 fully saturated rings. The summed E-state index contributed by atoms with van der Waals surface area (Å²) in [7, 11) is 1.70. The molecule has 4 heteroatoms. The van der Waals surface area contributed by atoms with Crippen LogP contribution in [0.5, 0.6) is 5.75 Å². The molecule has 11 heavy (non-hydrogen) atoms. The maximum atomic E-state index is 5.16. The van der Waals surface area contributed by atoms with Gasteiger partial charge in [0.05, 0.1) is 0 Å². The van der Waals surface area contributed by atoms with E-state index in [4.69, 9.17) is 9.05 Å². The molecule has 0 aliphatic heterocycles. The Hall–Kier alpha value is -0.300. The van der Waals surface area contributed by atoms with Gasteiger partial charge in [-0.2, -0.15) is 0 Å². The summed E-state index contributed by atoms with van der Waals surface area (Å²) in [5, 5.41) is 0. The molecule has 1 atom stereocenters. The van der Waals surface area contributed by atoms with Crippen molar-refractivity contribution in [1.29, 1.82) is 0 Å². The minimum atomic E-state index is 0. The lowest BCUT2D eigenvalue weighted by atomic mass is 10.3. The summed E-state index contributed by atoms with van der Waals surface area (Å²) in [5.74, 6) is 0.850. The third-order valence-electron chi connectivity index (χ3n) is 0.986. The minimum absolute atomic E-state index is 0. The van der Waals surface area contributed by atoms with E-state index in [-0.39, 0.29) is 21.4 Å². The fourth-order valence-corrected chi connectivity index (χ4v) is 0.894. The van der Waals surface area contributed by atoms with Gasteiger partial charge in [-0.25, -0.2) is 0 Å². The Morgan fingerprint density at radius 1 is 1.18 bits per heavy atom. The lowest BCUT2D eigenvalue weighted by molar-refractivity contribution is 0.417. The van der Waals surface area contributed by atoms with Gasteiger partial charge >= 0.3 is 0 Å². The van der Waals surface area contributed by atoms with Gasteiger partial charge in [-0.3, -0.25) is 0 Å². The Kier molecular flexibility index (Phi) is 6.24. The predicted octanol–water partition coefficient (Wildman–Crippen LogP) is 2.64. The molecule has 0 aliphatic rings. The summed E-state index contributed by atoms with van der Waals surface area (Å²) in [6, 6.07) is 9.59.